The molecule has 1 heterocycles. The van der Waals surface area contributed by atoms with Crippen LogP contribution in [0.5, 0.6) is 11.5 Å². The minimum absolute atomic E-state index is 0.180. The van der Waals surface area contributed by atoms with E-state index < -0.39 is 10.0 Å². The summed E-state index contributed by atoms with van der Waals surface area (Å²) in [5, 5.41) is 3.85. The molecule has 1 aromatic heterocycles. The van der Waals surface area contributed by atoms with E-state index in [9.17, 15) is 8.42 Å². The Morgan fingerprint density at radius 3 is 2.32 bits per heavy atom. The van der Waals surface area contributed by atoms with Crippen LogP contribution in [-0.2, 0) is 23.1 Å². The molecule has 0 atom stereocenters. The van der Waals surface area contributed by atoms with Gasteiger partial charge < -0.3 is 10.1 Å². The molecule has 0 aliphatic carbocycles. The second-order valence-corrected chi connectivity index (χ2v) is 9.70. The smallest absolute Gasteiger partial charge is 0.261 e. The zero-order valence-electron chi connectivity index (χ0n) is 18.4. The number of hydrogen-bond donors (Lipinski definition) is 2. The van der Waals surface area contributed by atoms with Crippen LogP contribution >= 0.6 is 11.6 Å². The van der Waals surface area contributed by atoms with Gasteiger partial charge in [0, 0.05) is 36.2 Å². The minimum atomic E-state index is -3.72. The molecule has 0 bridgehead atoms. The molecular weight excluding hydrogens is 472 g/mol. The van der Waals surface area contributed by atoms with Crippen molar-refractivity contribution in [2.75, 3.05) is 4.72 Å². The average molecular weight is 495 g/mol. The molecule has 3 aromatic carbocycles. The van der Waals surface area contributed by atoms with Gasteiger partial charge in [-0.3, -0.25) is 14.7 Å². The van der Waals surface area contributed by atoms with Crippen molar-refractivity contribution in [1.29, 1.82) is 0 Å². The summed E-state index contributed by atoms with van der Waals surface area (Å²) in [6.07, 6.45) is 3.46. The number of anilines is 1. The van der Waals surface area contributed by atoms with Crippen molar-refractivity contribution in [3.8, 4) is 11.5 Å². The standard InChI is InChI=1S/C25H23ClN4O3S/c1-18-14-29-22(17-28-18)16-27-15-19-5-11-25(12-6-19)34(31,32)30-21-7-9-23(10-8-21)33-24-4-2-3-20(26)13-24/h2-14,17,27,30H,15-16H2,1H3. The van der Waals surface area contributed by atoms with Gasteiger partial charge >= 0.3 is 0 Å². The monoisotopic (exact) mass is 494 g/mol. The van der Waals surface area contributed by atoms with Crippen molar-refractivity contribution in [3.05, 3.63) is 107 Å². The quantitative estimate of drug-likeness (QED) is 0.327. The van der Waals surface area contributed by atoms with E-state index in [2.05, 4.69) is 20.0 Å². The van der Waals surface area contributed by atoms with E-state index in [-0.39, 0.29) is 4.90 Å². The third-order valence-corrected chi connectivity index (χ3v) is 6.47. The van der Waals surface area contributed by atoms with Gasteiger partial charge in [-0.2, -0.15) is 0 Å². The number of rotatable bonds is 9. The van der Waals surface area contributed by atoms with Crippen LogP contribution in [-0.4, -0.2) is 18.4 Å². The summed E-state index contributed by atoms with van der Waals surface area (Å²) in [5.74, 6) is 1.17. The molecule has 0 saturated heterocycles. The number of hydrogen-bond acceptors (Lipinski definition) is 6. The second kappa shape index (κ2) is 10.6. The maximum Gasteiger partial charge on any atom is 0.261 e. The Morgan fingerprint density at radius 2 is 1.65 bits per heavy atom. The fourth-order valence-electron chi connectivity index (χ4n) is 3.10. The SMILES string of the molecule is Cc1cnc(CNCc2ccc(S(=O)(=O)Nc3ccc(Oc4cccc(Cl)c4)cc3)cc2)cn1. The molecule has 0 amide bonds. The molecule has 7 nitrogen and oxygen atoms in total. The van der Waals surface area contributed by atoms with Crippen molar-refractivity contribution in [3.63, 3.8) is 0 Å². The first-order chi connectivity index (χ1) is 16.4. The molecular formula is C25H23ClN4O3S. The highest BCUT2D eigenvalue weighted by Crippen LogP contribution is 2.26. The molecule has 0 spiro atoms. The van der Waals surface area contributed by atoms with Gasteiger partial charge in [0.15, 0.2) is 0 Å². The predicted octanol–water partition coefficient (Wildman–Crippen LogP) is 5.32. The minimum Gasteiger partial charge on any atom is -0.457 e. The van der Waals surface area contributed by atoms with Crippen molar-refractivity contribution >= 4 is 27.3 Å². The highest BCUT2D eigenvalue weighted by atomic mass is 35.5. The molecule has 0 aliphatic rings. The fourth-order valence-corrected chi connectivity index (χ4v) is 4.34. The van der Waals surface area contributed by atoms with Gasteiger partial charge in [-0.15, -0.1) is 0 Å². The number of nitrogens with one attached hydrogen (secondary N) is 2. The molecule has 0 aliphatic heterocycles. The maximum absolute atomic E-state index is 12.8. The second-order valence-electron chi connectivity index (χ2n) is 7.59. The van der Waals surface area contributed by atoms with E-state index >= 15 is 0 Å². The van der Waals surface area contributed by atoms with E-state index in [1.807, 2.05) is 6.92 Å². The Hall–Kier alpha value is -3.46. The number of aromatic nitrogens is 2. The third kappa shape index (κ3) is 6.54. The summed E-state index contributed by atoms with van der Waals surface area (Å²) in [6.45, 7) is 3.05. The van der Waals surface area contributed by atoms with E-state index in [1.165, 1.54) is 0 Å². The lowest BCUT2D eigenvalue weighted by atomic mass is 10.2. The third-order valence-electron chi connectivity index (χ3n) is 4.84. The molecule has 0 unspecified atom stereocenters. The summed E-state index contributed by atoms with van der Waals surface area (Å²) < 4.78 is 33.9. The number of aryl methyl sites for hydroxylation is 1. The number of halogens is 1. The van der Waals surface area contributed by atoms with E-state index in [0.717, 1.165) is 17.0 Å². The lowest BCUT2D eigenvalue weighted by molar-refractivity contribution is 0.483. The first-order valence-corrected chi connectivity index (χ1v) is 12.4. The zero-order chi connectivity index (χ0) is 24.0. The molecule has 174 valence electrons. The summed E-state index contributed by atoms with van der Waals surface area (Å²) >= 11 is 5.97. The van der Waals surface area contributed by atoms with Gasteiger partial charge in [-0.1, -0.05) is 29.8 Å². The number of ether oxygens (including phenoxy) is 1. The largest absolute Gasteiger partial charge is 0.457 e. The predicted molar refractivity (Wildman–Crippen MR) is 133 cm³/mol. The lowest BCUT2D eigenvalue weighted by Gasteiger charge is -2.11. The summed E-state index contributed by atoms with van der Waals surface area (Å²) in [7, 11) is -3.72. The zero-order valence-corrected chi connectivity index (χ0v) is 20.0. The maximum atomic E-state index is 12.8. The molecule has 4 rings (SSSR count). The van der Waals surface area contributed by atoms with Crippen molar-refractivity contribution in [1.82, 2.24) is 15.3 Å². The molecule has 0 fully saturated rings. The Morgan fingerprint density at radius 1 is 0.882 bits per heavy atom. The van der Waals surface area contributed by atoms with E-state index in [4.69, 9.17) is 16.3 Å². The Kier molecular flexibility index (Phi) is 7.42. The highest BCUT2D eigenvalue weighted by molar-refractivity contribution is 7.92. The summed E-state index contributed by atoms with van der Waals surface area (Å²) in [6, 6.07) is 20.4. The molecule has 0 radical (unpaired) electrons. The number of nitrogens with zero attached hydrogens (tertiary/aromatic N) is 2. The first-order valence-electron chi connectivity index (χ1n) is 10.5. The van der Waals surface area contributed by atoms with Crippen LogP contribution in [0.2, 0.25) is 5.02 Å². The van der Waals surface area contributed by atoms with Gasteiger partial charge in [-0.05, 0) is 67.1 Å². The Balaban J connectivity index is 1.33. The van der Waals surface area contributed by atoms with Crippen LogP contribution in [0.25, 0.3) is 0 Å². The van der Waals surface area contributed by atoms with Crippen molar-refractivity contribution in [2.24, 2.45) is 0 Å². The Bertz CT molecular complexity index is 1340. The lowest BCUT2D eigenvalue weighted by Crippen LogP contribution is -2.15. The van der Waals surface area contributed by atoms with Gasteiger partial charge in [0.25, 0.3) is 10.0 Å². The van der Waals surface area contributed by atoms with Crippen LogP contribution < -0.4 is 14.8 Å². The summed E-state index contributed by atoms with van der Waals surface area (Å²) in [5.41, 5.74) is 3.11. The molecule has 2 N–H and O–H groups in total. The molecule has 0 saturated carbocycles. The molecule has 34 heavy (non-hydrogen) atoms. The van der Waals surface area contributed by atoms with E-state index in [0.29, 0.717) is 35.3 Å². The van der Waals surface area contributed by atoms with Crippen LogP contribution in [0, 0.1) is 6.92 Å². The Labute approximate surface area is 203 Å². The van der Waals surface area contributed by atoms with Crippen LogP contribution in [0.4, 0.5) is 5.69 Å². The fraction of sp³-hybridized carbons (Fsp3) is 0.120. The van der Waals surface area contributed by atoms with Crippen molar-refractivity contribution in [2.45, 2.75) is 24.9 Å². The van der Waals surface area contributed by atoms with E-state index in [1.54, 1.807) is 85.2 Å². The van der Waals surface area contributed by atoms with Gasteiger partial charge in [-0.25, -0.2) is 8.42 Å². The van der Waals surface area contributed by atoms with Crippen LogP contribution in [0.3, 0.4) is 0 Å². The highest BCUT2D eigenvalue weighted by Gasteiger charge is 2.14. The normalized spacial score (nSPS) is 11.2. The number of benzene rings is 3. The van der Waals surface area contributed by atoms with Gasteiger partial charge in [0.05, 0.1) is 16.3 Å². The van der Waals surface area contributed by atoms with Crippen LogP contribution in [0.15, 0.2) is 90.1 Å². The molecule has 4 aromatic rings. The average Bonchev–Trinajstić information content (AvgIpc) is 2.82. The van der Waals surface area contributed by atoms with Gasteiger partial charge in [0.2, 0.25) is 0 Å². The van der Waals surface area contributed by atoms with Crippen LogP contribution in [0.1, 0.15) is 17.0 Å². The molecule has 9 heteroatoms. The van der Waals surface area contributed by atoms with Gasteiger partial charge in [0.1, 0.15) is 11.5 Å². The number of sulfonamides is 1. The van der Waals surface area contributed by atoms with Crippen molar-refractivity contribution < 1.29 is 13.2 Å². The summed E-state index contributed by atoms with van der Waals surface area (Å²) in [4.78, 5) is 8.70. The first kappa shape index (κ1) is 23.7. The topological polar surface area (TPSA) is 93.2 Å².